The van der Waals surface area contributed by atoms with Crippen LogP contribution < -0.4 is 15.4 Å². The fourth-order valence-electron chi connectivity index (χ4n) is 3.18. The number of aryl methyl sites for hydroxylation is 2. The Kier molecular flexibility index (Phi) is 6.95. The molecule has 0 aromatic heterocycles. The Morgan fingerprint density at radius 3 is 2.25 bits per heavy atom. The highest BCUT2D eigenvalue weighted by Gasteiger charge is 2.18. The van der Waals surface area contributed by atoms with Crippen molar-refractivity contribution < 1.29 is 18.0 Å². The van der Waals surface area contributed by atoms with E-state index in [0.717, 1.165) is 11.1 Å². The van der Waals surface area contributed by atoms with Crippen LogP contribution in [0.2, 0.25) is 0 Å². The molecular formula is C24H25N3O4S. The molecule has 0 heterocycles. The molecule has 0 unspecified atom stereocenters. The normalized spacial score (nSPS) is 11.0. The Bertz CT molecular complexity index is 1270. The molecular weight excluding hydrogens is 426 g/mol. The summed E-state index contributed by atoms with van der Waals surface area (Å²) in [4.78, 5) is 24.6. The zero-order valence-electron chi connectivity index (χ0n) is 18.1. The zero-order chi connectivity index (χ0) is 23.3. The second kappa shape index (κ2) is 9.65. The molecule has 0 saturated heterocycles. The van der Waals surface area contributed by atoms with Gasteiger partial charge in [0, 0.05) is 30.4 Å². The maximum absolute atomic E-state index is 12.8. The highest BCUT2D eigenvalue weighted by atomic mass is 32.2. The van der Waals surface area contributed by atoms with Crippen molar-refractivity contribution in [2.24, 2.45) is 0 Å². The lowest BCUT2D eigenvalue weighted by Crippen LogP contribution is -2.23. The number of nitrogens with one attached hydrogen (secondary N) is 3. The Labute approximate surface area is 187 Å². The summed E-state index contributed by atoms with van der Waals surface area (Å²) in [6.45, 7) is 3.78. The van der Waals surface area contributed by atoms with Gasteiger partial charge in [0.1, 0.15) is 0 Å². The molecule has 0 aliphatic heterocycles. The Hall–Kier alpha value is -3.65. The third kappa shape index (κ3) is 5.53. The van der Waals surface area contributed by atoms with Crippen molar-refractivity contribution >= 4 is 27.5 Å². The van der Waals surface area contributed by atoms with Crippen LogP contribution in [-0.4, -0.2) is 27.3 Å². The maximum atomic E-state index is 12.8. The van der Waals surface area contributed by atoms with Crippen molar-refractivity contribution in [3.8, 4) is 0 Å². The highest BCUT2D eigenvalue weighted by molar-refractivity contribution is 7.92. The SMILES string of the molecule is CNC(=O)c1cccc(CNC(=O)c2cccc(NS(=O)(=O)c3cc(C)ccc3C)c2)c1. The first-order valence-electron chi connectivity index (χ1n) is 9.99. The topological polar surface area (TPSA) is 104 Å². The lowest BCUT2D eigenvalue weighted by molar-refractivity contribution is 0.0948. The van der Waals surface area contributed by atoms with E-state index in [2.05, 4.69) is 15.4 Å². The van der Waals surface area contributed by atoms with E-state index in [1.54, 1.807) is 68.6 Å². The molecule has 32 heavy (non-hydrogen) atoms. The van der Waals surface area contributed by atoms with Crippen LogP contribution in [0.15, 0.2) is 71.6 Å². The number of carbonyl (C=O) groups is 2. The number of benzene rings is 3. The second-order valence-electron chi connectivity index (χ2n) is 7.42. The van der Waals surface area contributed by atoms with Gasteiger partial charge in [-0.25, -0.2) is 8.42 Å². The molecule has 2 amide bonds. The van der Waals surface area contributed by atoms with Gasteiger partial charge in [0.15, 0.2) is 0 Å². The first kappa shape index (κ1) is 23.0. The van der Waals surface area contributed by atoms with E-state index < -0.39 is 10.0 Å². The summed E-state index contributed by atoms with van der Waals surface area (Å²) in [7, 11) is -2.25. The molecule has 3 aromatic rings. The molecule has 3 rings (SSSR count). The molecule has 166 valence electrons. The predicted octanol–water partition coefficient (Wildman–Crippen LogP) is 3.39. The fraction of sp³-hybridized carbons (Fsp3) is 0.167. The summed E-state index contributed by atoms with van der Waals surface area (Å²) in [6, 6.07) is 18.5. The van der Waals surface area contributed by atoms with Gasteiger partial charge in [0.2, 0.25) is 0 Å². The van der Waals surface area contributed by atoms with Gasteiger partial charge in [-0.2, -0.15) is 0 Å². The summed E-state index contributed by atoms with van der Waals surface area (Å²) in [5.41, 5.74) is 3.35. The molecule has 0 aliphatic rings. The van der Waals surface area contributed by atoms with Gasteiger partial charge in [-0.15, -0.1) is 0 Å². The molecule has 0 radical (unpaired) electrons. The van der Waals surface area contributed by atoms with Crippen LogP contribution in [0.5, 0.6) is 0 Å². The van der Waals surface area contributed by atoms with Crippen molar-refractivity contribution in [3.63, 3.8) is 0 Å². The Morgan fingerprint density at radius 2 is 1.53 bits per heavy atom. The largest absolute Gasteiger partial charge is 0.355 e. The number of hydrogen-bond donors (Lipinski definition) is 3. The van der Waals surface area contributed by atoms with Gasteiger partial charge < -0.3 is 10.6 Å². The standard InChI is InChI=1S/C24H25N3O4S/c1-16-10-11-17(2)22(12-16)32(30,31)27-21-9-5-8-20(14-21)24(29)26-15-18-6-4-7-19(13-18)23(28)25-3/h4-14,27H,15H2,1-3H3,(H,25,28)(H,26,29). The molecule has 7 nitrogen and oxygen atoms in total. The maximum Gasteiger partial charge on any atom is 0.262 e. The van der Waals surface area contributed by atoms with Crippen LogP contribution in [-0.2, 0) is 16.6 Å². The number of anilines is 1. The van der Waals surface area contributed by atoms with Gasteiger partial charge in [-0.1, -0.05) is 30.3 Å². The van der Waals surface area contributed by atoms with Gasteiger partial charge >= 0.3 is 0 Å². The molecule has 0 spiro atoms. The average Bonchev–Trinajstić information content (AvgIpc) is 2.78. The van der Waals surface area contributed by atoms with Crippen molar-refractivity contribution in [2.45, 2.75) is 25.3 Å². The van der Waals surface area contributed by atoms with E-state index in [1.807, 2.05) is 13.0 Å². The first-order chi connectivity index (χ1) is 15.2. The van der Waals surface area contributed by atoms with Crippen LogP contribution in [0.25, 0.3) is 0 Å². The van der Waals surface area contributed by atoms with Crippen molar-refractivity contribution in [2.75, 3.05) is 11.8 Å². The van der Waals surface area contributed by atoms with E-state index in [1.165, 1.54) is 6.07 Å². The highest BCUT2D eigenvalue weighted by Crippen LogP contribution is 2.21. The summed E-state index contributed by atoms with van der Waals surface area (Å²) >= 11 is 0. The molecule has 8 heteroatoms. The van der Waals surface area contributed by atoms with Crippen LogP contribution in [0, 0.1) is 13.8 Å². The van der Waals surface area contributed by atoms with Gasteiger partial charge in [-0.05, 0) is 66.9 Å². The molecule has 0 atom stereocenters. The van der Waals surface area contributed by atoms with Crippen molar-refractivity contribution in [1.82, 2.24) is 10.6 Å². The summed E-state index contributed by atoms with van der Waals surface area (Å²) in [5.74, 6) is -0.565. The van der Waals surface area contributed by atoms with Gasteiger partial charge in [-0.3, -0.25) is 14.3 Å². The summed E-state index contributed by atoms with van der Waals surface area (Å²) in [6.07, 6.45) is 0. The Morgan fingerprint density at radius 1 is 0.844 bits per heavy atom. The van der Waals surface area contributed by atoms with E-state index in [4.69, 9.17) is 0 Å². The van der Waals surface area contributed by atoms with E-state index in [9.17, 15) is 18.0 Å². The third-order valence-corrected chi connectivity index (χ3v) is 6.40. The Balaban J connectivity index is 1.72. The molecule has 3 N–H and O–H groups in total. The quantitative estimate of drug-likeness (QED) is 0.512. The van der Waals surface area contributed by atoms with E-state index in [0.29, 0.717) is 22.4 Å². The van der Waals surface area contributed by atoms with Crippen LogP contribution in [0.1, 0.15) is 37.4 Å². The first-order valence-corrected chi connectivity index (χ1v) is 11.5. The van der Waals surface area contributed by atoms with Gasteiger partial charge in [0.25, 0.3) is 21.8 Å². The number of hydrogen-bond acceptors (Lipinski definition) is 4. The molecule has 0 fully saturated rings. The van der Waals surface area contributed by atoms with E-state index >= 15 is 0 Å². The minimum atomic E-state index is -3.80. The van der Waals surface area contributed by atoms with Crippen molar-refractivity contribution in [3.05, 3.63) is 94.5 Å². The summed E-state index contributed by atoms with van der Waals surface area (Å²) in [5, 5.41) is 5.35. The monoisotopic (exact) mass is 451 g/mol. The van der Waals surface area contributed by atoms with E-state index in [-0.39, 0.29) is 23.3 Å². The van der Waals surface area contributed by atoms with Crippen LogP contribution in [0.3, 0.4) is 0 Å². The van der Waals surface area contributed by atoms with Gasteiger partial charge in [0.05, 0.1) is 4.90 Å². The summed E-state index contributed by atoms with van der Waals surface area (Å²) < 4.78 is 28.2. The number of rotatable bonds is 7. The molecule has 3 aromatic carbocycles. The van der Waals surface area contributed by atoms with Crippen LogP contribution >= 0.6 is 0 Å². The minimum absolute atomic E-state index is 0.198. The average molecular weight is 452 g/mol. The number of amides is 2. The van der Waals surface area contributed by atoms with Crippen molar-refractivity contribution in [1.29, 1.82) is 0 Å². The predicted molar refractivity (Wildman–Crippen MR) is 124 cm³/mol. The number of sulfonamides is 1. The lowest BCUT2D eigenvalue weighted by Gasteiger charge is -2.12. The molecule has 0 aliphatic carbocycles. The molecule has 0 bridgehead atoms. The number of carbonyl (C=O) groups excluding carboxylic acids is 2. The lowest BCUT2D eigenvalue weighted by atomic mass is 10.1. The fourth-order valence-corrected chi connectivity index (χ4v) is 4.56. The molecule has 0 saturated carbocycles. The second-order valence-corrected chi connectivity index (χ2v) is 9.07. The third-order valence-electron chi connectivity index (χ3n) is 4.88. The minimum Gasteiger partial charge on any atom is -0.355 e. The zero-order valence-corrected chi connectivity index (χ0v) is 18.9. The smallest absolute Gasteiger partial charge is 0.262 e. The van der Waals surface area contributed by atoms with Crippen LogP contribution in [0.4, 0.5) is 5.69 Å².